The molecule has 1 fully saturated rings. The average molecular weight is 279 g/mol. The van der Waals surface area contributed by atoms with Crippen LogP contribution < -0.4 is 10.1 Å². The molecule has 0 radical (unpaired) electrons. The van der Waals surface area contributed by atoms with Crippen LogP contribution in [-0.2, 0) is 0 Å². The van der Waals surface area contributed by atoms with Crippen LogP contribution in [0.2, 0.25) is 5.02 Å². The minimum Gasteiger partial charge on any atom is -0.490 e. The Kier molecular flexibility index (Phi) is 4.64. The van der Waals surface area contributed by atoms with Gasteiger partial charge < -0.3 is 10.1 Å². The van der Waals surface area contributed by atoms with Gasteiger partial charge in [-0.2, -0.15) is 5.26 Å². The van der Waals surface area contributed by atoms with Crippen molar-refractivity contribution in [1.82, 2.24) is 5.32 Å². The molecule has 1 aromatic rings. The van der Waals surface area contributed by atoms with Crippen LogP contribution in [0.1, 0.15) is 36.0 Å². The largest absolute Gasteiger partial charge is 0.490 e. The molecule has 0 aromatic heterocycles. The molecule has 1 aliphatic rings. The SMILES string of the molecule is N#CCNC(=O)c1cc(Cl)ccc1OC1CCCC1. The Morgan fingerprint density at radius 2 is 2.21 bits per heavy atom. The van der Waals surface area contributed by atoms with Gasteiger partial charge in [0, 0.05) is 5.02 Å². The second-order valence-corrected chi connectivity index (χ2v) is 4.94. The van der Waals surface area contributed by atoms with Crippen molar-refractivity contribution in [3.8, 4) is 11.8 Å². The average Bonchev–Trinajstić information content (AvgIpc) is 2.91. The summed E-state index contributed by atoms with van der Waals surface area (Å²) in [7, 11) is 0. The Balaban J connectivity index is 2.17. The van der Waals surface area contributed by atoms with Crippen LogP contribution in [0.25, 0.3) is 0 Å². The molecule has 19 heavy (non-hydrogen) atoms. The minimum absolute atomic E-state index is 0.0335. The Morgan fingerprint density at radius 3 is 2.89 bits per heavy atom. The number of carbonyl (C=O) groups excluding carboxylic acids is 1. The molecule has 100 valence electrons. The van der Waals surface area contributed by atoms with E-state index in [2.05, 4.69) is 5.32 Å². The first-order valence-corrected chi connectivity index (χ1v) is 6.70. The summed E-state index contributed by atoms with van der Waals surface area (Å²) < 4.78 is 5.86. The number of hydrogen-bond donors (Lipinski definition) is 1. The van der Waals surface area contributed by atoms with Gasteiger partial charge >= 0.3 is 0 Å². The Hall–Kier alpha value is -1.73. The Labute approximate surface area is 117 Å². The lowest BCUT2D eigenvalue weighted by Crippen LogP contribution is -2.25. The van der Waals surface area contributed by atoms with Gasteiger partial charge in [0.1, 0.15) is 12.3 Å². The summed E-state index contributed by atoms with van der Waals surface area (Å²) in [6.07, 6.45) is 4.52. The summed E-state index contributed by atoms with van der Waals surface area (Å²) in [5.74, 6) is 0.198. The van der Waals surface area contributed by atoms with Crippen molar-refractivity contribution >= 4 is 17.5 Å². The van der Waals surface area contributed by atoms with Gasteiger partial charge in [-0.25, -0.2) is 0 Å². The number of nitrogens with zero attached hydrogens (tertiary/aromatic N) is 1. The van der Waals surface area contributed by atoms with E-state index in [-0.39, 0.29) is 18.6 Å². The summed E-state index contributed by atoms with van der Waals surface area (Å²) >= 11 is 5.91. The number of hydrogen-bond acceptors (Lipinski definition) is 3. The van der Waals surface area contributed by atoms with Gasteiger partial charge in [-0.3, -0.25) is 4.79 Å². The van der Waals surface area contributed by atoms with Gasteiger partial charge in [0.25, 0.3) is 5.91 Å². The highest BCUT2D eigenvalue weighted by Gasteiger charge is 2.20. The minimum atomic E-state index is -0.336. The Morgan fingerprint density at radius 1 is 1.47 bits per heavy atom. The first-order chi connectivity index (χ1) is 9.20. The summed E-state index contributed by atoms with van der Waals surface area (Å²) in [4.78, 5) is 11.9. The van der Waals surface area contributed by atoms with E-state index in [0.29, 0.717) is 16.3 Å². The van der Waals surface area contributed by atoms with Crippen molar-refractivity contribution in [3.05, 3.63) is 28.8 Å². The molecule has 1 aromatic carbocycles. The second-order valence-electron chi connectivity index (χ2n) is 4.51. The van der Waals surface area contributed by atoms with Crippen LogP contribution >= 0.6 is 11.6 Å². The maximum atomic E-state index is 11.9. The quantitative estimate of drug-likeness (QED) is 0.862. The van der Waals surface area contributed by atoms with Crippen LogP contribution in [0.4, 0.5) is 0 Å². The molecule has 0 saturated heterocycles. The summed E-state index contributed by atoms with van der Waals surface area (Å²) in [6.45, 7) is -0.0335. The molecule has 1 N–H and O–H groups in total. The van der Waals surface area contributed by atoms with Crippen molar-refractivity contribution in [2.45, 2.75) is 31.8 Å². The third-order valence-corrected chi connectivity index (χ3v) is 3.35. The highest BCUT2D eigenvalue weighted by Crippen LogP contribution is 2.28. The number of halogens is 1. The topological polar surface area (TPSA) is 62.1 Å². The number of amides is 1. The fraction of sp³-hybridized carbons (Fsp3) is 0.429. The first kappa shape index (κ1) is 13.7. The maximum absolute atomic E-state index is 11.9. The molecule has 0 heterocycles. The highest BCUT2D eigenvalue weighted by molar-refractivity contribution is 6.31. The van der Waals surface area contributed by atoms with E-state index < -0.39 is 0 Å². The van der Waals surface area contributed by atoms with Crippen molar-refractivity contribution in [2.24, 2.45) is 0 Å². The van der Waals surface area contributed by atoms with E-state index in [1.807, 2.05) is 6.07 Å². The lowest BCUT2D eigenvalue weighted by Gasteiger charge is -2.16. The molecule has 0 atom stereocenters. The number of benzene rings is 1. The number of carbonyl (C=O) groups is 1. The lowest BCUT2D eigenvalue weighted by atomic mass is 10.1. The van der Waals surface area contributed by atoms with Crippen molar-refractivity contribution in [1.29, 1.82) is 5.26 Å². The van der Waals surface area contributed by atoms with Gasteiger partial charge in [-0.1, -0.05) is 11.6 Å². The maximum Gasteiger partial charge on any atom is 0.255 e. The van der Waals surface area contributed by atoms with E-state index >= 15 is 0 Å². The third kappa shape index (κ3) is 3.62. The summed E-state index contributed by atoms with van der Waals surface area (Å²) in [5.41, 5.74) is 0.384. The van der Waals surface area contributed by atoms with E-state index in [1.165, 1.54) is 0 Å². The zero-order valence-electron chi connectivity index (χ0n) is 10.5. The van der Waals surface area contributed by atoms with E-state index in [0.717, 1.165) is 25.7 Å². The number of rotatable bonds is 4. The van der Waals surface area contributed by atoms with Gasteiger partial charge in [0.05, 0.1) is 17.7 Å². The highest BCUT2D eigenvalue weighted by atomic mass is 35.5. The van der Waals surface area contributed by atoms with E-state index in [9.17, 15) is 4.79 Å². The molecule has 0 aliphatic heterocycles. The van der Waals surface area contributed by atoms with Gasteiger partial charge in [0.2, 0.25) is 0 Å². The Bertz CT molecular complexity index is 505. The molecule has 1 aliphatic carbocycles. The summed E-state index contributed by atoms with van der Waals surface area (Å²) in [5, 5.41) is 11.5. The molecule has 2 rings (SSSR count). The molecule has 1 amide bonds. The van der Waals surface area contributed by atoms with Gasteiger partial charge in [-0.15, -0.1) is 0 Å². The number of nitrogens with one attached hydrogen (secondary N) is 1. The third-order valence-electron chi connectivity index (χ3n) is 3.11. The first-order valence-electron chi connectivity index (χ1n) is 6.32. The monoisotopic (exact) mass is 278 g/mol. The van der Waals surface area contributed by atoms with Gasteiger partial charge in [-0.05, 0) is 43.9 Å². The molecule has 1 saturated carbocycles. The van der Waals surface area contributed by atoms with Crippen LogP contribution in [-0.4, -0.2) is 18.6 Å². The second kappa shape index (κ2) is 6.44. The molecular weight excluding hydrogens is 264 g/mol. The molecular formula is C14H15ClN2O2. The van der Waals surface area contributed by atoms with Crippen molar-refractivity contribution < 1.29 is 9.53 Å². The number of ether oxygens (including phenoxy) is 1. The van der Waals surface area contributed by atoms with Crippen LogP contribution in [0, 0.1) is 11.3 Å². The molecule has 0 unspecified atom stereocenters. The van der Waals surface area contributed by atoms with E-state index in [1.54, 1.807) is 18.2 Å². The van der Waals surface area contributed by atoms with Gasteiger partial charge in [0.15, 0.2) is 0 Å². The predicted molar refractivity (Wildman–Crippen MR) is 72.3 cm³/mol. The van der Waals surface area contributed by atoms with Crippen molar-refractivity contribution in [2.75, 3.05) is 6.54 Å². The summed E-state index contributed by atoms with van der Waals surface area (Å²) in [6, 6.07) is 6.85. The predicted octanol–water partition coefficient (Wildman–Crippen LogP) is 2.91. The zero-order valence-corrected chi connectivity index (χ0v) is 11.2. The fourth-order valence-corrected chi connectivity index (χ4v) is 2.36. The van der Waals surface area contributed by atoms with Crippen LogP contribution in [0.5, 0.6) is 5.75 Å². The zero-order chi connectivity index (χ0) is 13.7. The molecule has 4 nitrogen and oxygen atoms in total. The van der Waals surface area contributed by atoms with E-state index in [4.69, 9.17) is 21.6 Å². The smallest absolute Gasteiger partial charge is 0.255 e. The standard InChI is InChI=1S/C14H15ClN2O2/c15-10-5-6-13(19-11-3-1-2-4-11)12(9-10)14(18)17-8-7-16/h5-6,9,11H,1-4,8H2,(H,17,18). The van der Waals surface area contributed by atoms with Crippen LogP contribution in [0.3, 0.4) is 0 Å². The fourth-order valence-electron chi connectivity index (χ4n) is 2.18. The molecule has 0 bridgehead atoms. The molecule has 5 heteroatoms. The lowest BCUT2D eigenvalue weighted by molar-refractivity contribution is 0.0951. The normalized spacial score (nSPS) is 14.9. The molecule has 0 spiro atoms. The number of nitriles is 1. The van der Waals surface area contributed by atoms with Crippen molar-refractivity contribution in [3.63, 3.8) is 0 Å². The van der Waals surface area contributed by atoms with Crippen LogP contribution in [0.15, 0.2) is 18.2 Å².